The van der Waals surface area contributed by atoms with Crippen LogP contribution in [0, 0.1) is 36.5 Å². The van der Waals surface area contributed by atoms with Gasteiger partial charge in [-0.05, 0) is 0 Å². The van der Waals surface area contributed by atoms with Crippen molar-refractivity contribution in [2.75, 3.05) is 32.0 Å². The van der Waals surface area contributed by atoms with Gasteiger partial charge in [-0.2, -0.15) is 4.98 Å². The Hall–Kier alpha value is -3.26. The molecule has 5 N–H and O–H groups in total. The van der Waals surface area contributed by atoms with Crippen molar-refractivity contribution in [1.29, 1.82) is 0 Å². The number of terminal acetylenes is 2. The quantitative estimate of drug-likeness (QED) is 0.471. The third-order valence-electron chi connectivity index (χ3n) is 4.55. The molecule has 0 saturated carbocycles. The van der Waals surface area contributed by atoms with Crippen LogP contribution in [0.2, 0.25) is 0 Å². The number of nitrogen functional groups attached to an aromatic ring is 1. The molecule has 9 heteroatoms. The van der Waals surface area contributed by atoms with Crippen molar-refractivity contribution in [2.45, 2.75) is 24.9 Å². The zero-order chi connectivity index (χ0) is 21.0. The van der Waals surface area contributed by atoms with Crippen LogP contribution in [-0.4, -0.2) is 68.1 Å². The Balaban J connectivity index is 1.99. The van der Waals surface area contributed by atoms with Gasteiger partial charge in [0, 0.05) is 12.6 Å². The molecular formula is C20H21N5O4. The number of hydrogen-bond acceptors (Lipinski definition) is 7. The molecule has 0 bridgehead atoms. The number of H-pyrrole nitrogens is 1. The van der Waals surface area contributed by atoms with Gasteiger partial charge in [0.25, 0.3) is 5.56 Å². The van der Waals surface area contributed by atoms with Gasteiger partial charge in [-0.3, -0.25) is 14.7 Å². The SMILES string of the molecule is C#CCN(CC#C)CC#Cc1cn([C@H]2C[C@H](O)[C@@H](CO)O2)c2nc(N)[nH]c(=O)c12. The second kappa shape index (κ2) is 8.83. The smallest absolute Gasteiger partial charge is 0.263 e. The molecule has 29 heavy (non-hydrogen) atoms. The van der Waals surface area contributed by atoms with E-state index in [-0.39, 0.29) is 30.0 Å². The zero-order valence-corrected chi connectivity index (χ0v) is 15.6. The summed E-state index contributed by atoms with van der Waals surface area (Å²) in [6.45, 7) is 0.720. The van der Waals surface area contributed by atoms with Gasteiger partial charge in [-0.25, -0.2) is 0 Å². The molecule has 0 radical (unpaired) electrons. The first-order valence-electron chi connectivity index (χ1n) is 8.91. The summed E-state index contributed by atoms with van der Waals surface area (Å²) in [5.74, 6) is 10.9. The number of rotatable bonds is 5. The van der Waals surface area contributed by atoms with Crippen molar-refractivity contribution in [2.24, 2.45) is 0 Å². The first kappa shape index (κ1) is 20.5. The Morgan fingerprint density at radius 1 is 1.38 bits per heavy atom. The van der Waals surface area contributed by atoms with Crippen molar-refractivity contribution >= 4 is 17.0 Å². The fourth-order valence-corrected chi connectivity index (χ4v) is 3.21. The molecular weight excluding hydrogens is 374 g/mol. The molecule has 1 saturated heterocycles. The normalized spacial score (nSPS) is 20.9. The topological polar surface area (TPSA) is 130 Å². The van der Waals surface area contributed by atoms with E-state index in [4.69, 9.17) is 23.3 Å². The van der Waals surface area contributed by atoms with E-state index in [2.05, 4.69) is 33.6 Å². The van der Waals surface area contributed by atoms with Crippen molar-refractivity contribution in [3.8, 4) is 36.5 Å². The van der Waals surface area contributed by atoms with Gasteiger partial charge < -0.3 is 25.3 Å². The number of aliphatic hydroxyl groups excluding tert-OH is 2. The third-order valence-corrected chi connectivity index (χ3v) is 4.55. The van der Waals surface area contributed by atoms with Crippen LogP contribution >= 0.6 is 0 Å². The summed E-state index contributed by atoms with van der Waals surface area (Å²) in [4.78, 5) is 21.0. The molecule has 2 aromatic heterocycles. The second-order valence-electron chi connectivity index (χ2n) is 6.57. The maximum Gasteiger partial charge on any atom is 0.263 e. The second-order valence-corrected chi connectivity index (χ2v) is 6.57. The summed E-state index contributed by atoms with van der Waals surface area (Å²) in [6.07, 6.45) is 10.3. The molecule has 9 nitrogen and oxygen atoms in total. The molecule has 0 spiro atoms. The van der Waals surface area contributed by atoms with Crippen molar-refractivity contribution in [1.82, 2.24) is 19.4 Å². The third kappa shape index (κ3) is 4.27. The maximum absolute atomic E-state index is 12.5. The summed E-state index contributed by atoms with van der Waals surface area (Å²) >= 11 is 0. The van der Waals surface area contributed by atoms with Crippen LogP contribution in [0.25, 0.3) is 11.0 Å². The molecule has 2 aromatic rings. The largest absolute Gasteiger partial charge is 0.394 e. The highest BCUT2D eigenvalue weighted by atomic mass is 16.5. The van der Waals surface area contributed by atoms with Crippen LogP contribution < -0.4 is 11.3 Å². The van der Waals surface area contributed by atoms with E-state index in [0.29, 0.717) is 25.2 Å². The minimum atomic E-state index is -0.836. The van der Waals surface area contributed by atoms with Gasteiger partial charge in [0.2, 0.25) is 5.95 Å². The van der Waals surface area contributed by atoms with E-state index in [0.717, 1.165) is 0 Å². The van der Waals surface area contributed by atoms with Crippen LogP contribution in [0.4, 0.5) is 5.95 Å². The predicted molar refractivity (Wildman–Crippen MR) is 107 cm³/mol. The summed E-state index contributed by atoms with van der Waals surface area (Å²) in [5, 5.41) is 19.6. The lowest BCUT2D eigenvalue weighted by atomic mass is 10.2. The van der Waals surface area contributed by atoms with Crippen LogP contribution in [0.5, 0.6) is 0 Å². The number of aromatic amines is 1. The molecule has 1 aliphatic rings. The number of nitrogens with zero attached hydrogens (tertiary/aromatic N) is 3. The highest BCUT2D eigenvalue weighted by Crippen LogP contribution is 2.32. The fraction of sp³-hybridized carbons (Fsp3) is 0.400. The van der Waals surface area contributed by atoms with Crippen molar-refractivity contribution in [3.63, 3.8) is 0 Å². The Morgan fingerprint density at radius 2 is 2.10 bits per heavy atom. The van der Waals surface area contributed by atoms with E-state index < -0.39 is 24.0 Å². The van der Waals surface area contributed by atoms with Crippen LogP contribution in [-0.2, 0) is 4.74 Å². The fourth-order valence-electron chi connectivity index (χ4n) is 3.21. The summed E-state index contributed by atoms with van der Waals surface area (Å²) in [6, 6.07) is 0. The van der Waals surface area contributed by atoms with E-state index in [9.17, 15) is 15.0 Å². The Bertz CT molecular complexity index is 1080. The van der Waals surface area contributed by atoms with Gasteiger partial charge in [0.15, 0.2) is 5.65 Å². The molecule has 0 unspecified atom stereocenters. The number of nitrogens with two attached hydrogens (primary N) is 1. The van der Waals surface area contributed by atoms with Crippen LogP contribution in [0.15, 0.2) is 11.0 Å². The lowest BCUT2D eigenvalue weighted by Crippen LogP contribution is -2.24. The number of ether oxygens (including phenoxy) is 1. The molecule has 3 rings (SSSR count). The zero-order valence-electron chi connectivity index (χ0n) is 15.6. The predicted octanol–water partition coefficient (Wildman–Crippen LogP) is -1.13. The minimum Gasteiger partial charge on any atom is -0.394 e. The Labute approximate surface area is 167 Å². The average molecular weight is 395 g/mol. The number of anilines is 1. The number of fused-ring (bicyclic) bond motifs is 1. The molecule has 1 fully saturated rings. The molecule has 3 atom stereocenters. The number of aliphatic hydroxyl groups is 2. The van der Waals surface area contributed by atoms with E-state index in [1.165, 1.54) is 0 Å². The molecule has 3 heterocycles. The minimum absolute atomic E-state index is 0.0483. The number of nitrogens with one attached hydrogen (secondary N) is 1. The van der Waals surface area contributed by atoms with Crippen LogP contribution in [0.3, 0.4) is 0 Å². The summed E-state index contributed by atoms with van der Waals surface area (Å²) in [7, 11) is 0. The summed E-state index contributed by atoms with van der Waals surface area (Å²) in [5.41, 5.74) is 5.98. The Kier molecular flexibility index (Phi) is 6.23. The summed E-state index contributed by atoms with van der Waals surface area (Å²) < 4.78 is 7.29. The van der Waals surface area contributed by atoms with E-state index in [1.807, 2.05) is 0 Å². The molecule has 150 valence electrons. The molecule has 0 aromatic carbocycles. The van der Waals surface area contributed by atoms with E-state index >= 15 is 0 Å². The number of aromatic nitrogens is 3. The monoisotopic (exact) mass is 395 g/mol. The maximum atomic E-state index is 12.5. The van der Waals surface area contributed by atoms with Gasteiger partial charge in [0.1, 0.15) is 12.3 Å². The van der Waals surface area contributed by atoms with Crippen molar-refractivity contribution in [3.05, 3.63) is 22.1 Å². The lowest BCUT2D eigenvalue weighted by molar-refractivity contribution is -0.0430. The first-order valence-corrected chi connectivity index (χ1v) is 8.91. The van der Waals surface area contributed by atoms with Gasteiger partial charge >= 0.3 is 0 Å². The van der Waals surface area contributed by atoms with E-state index in [1.54, 1.807) is 15.7 Å². The van der Waals surface area contributed by atoms with Gasteiger partial charge in [0.05, 0.1) is 43.3 Å². The van der Waals surface area contributed by atoms with Crippen LogP contribution in [0.1, 0.15) is 18.2 Å². The Morgan fingerprint density at radius 3 is 2.72 bits per heavy atom. The van der Waals surface area contributed by atoms with Crippen molar-refractivity contribution < 1.29 is 14.9 Å². The lowest BCUT2D eigenvalue weighted by Gasteiger charge is -2.14. The van der Waals surface area contributed by atoms with Gasteiger partial charge in [-0.15, -0.1) is 12.8 Å². The first-order chi connectivity index (χ1) is 14.0. The standard InChI is InChI=1S/C20H21N5O4/c1-3-7-24(8-4-2)9-5-6-13-11-25(16-10-14(27)15(12-26)29-16)18-17(13)19(28)23-20(21)22-18/h1-2,11,14-16,26-27H,7-10,12H2,(H3,21,22,23,28)/t14-,15+,16+/m0/s1. The highest BCUT2D eigenvalue weighted by molar-refractivity contribution is 5.83. The molecule has 0 aliphatic carbocycles. The number of hydrogen-bond donors (Lipinski definition) is 4. The molecule has 1 aliphatic heterocycles. The van der Waals surface area contributed by atoms with Gasteiger partial charge in [-0.1, -0.05) is 23.7 Å². The average Bonchev–Trinajstić information content (AvgIpc) is 3.22. The highest BCUT2D eigenvalue weighted by Gasteiger charge is 2.35. The molecule has 0 amide bonds.